The maximum absolute atomic E-state index is 12.4. The van der Waals surface area contributed by atoms with Crippen molar-refractivity contribution in [2.45, 2.75) is 4.90 Å². The summed E-state index contributed by atoms with van der Waals surface area (Å²) in [6.45, 7) is 0. The van der Waals surface area contributed by atoms with Crippen LogP contribution in [0.3, 0.4) is 0 Å². The van der Waals surface area contributed by atoms with Gasteiger partial charge >= 0.3 is 10.2 Å². The van der Waals surface area contributed by atoms with Gasteiger partial charge in [0.25, 0.3) is 0 Å². The predicted molar refractivity (Wildman–Crippen MR) is 66.3 cm³/mol. The van der Waals surface area contributed by atoms with Crippen molar-refractivity contribution in [3.05, 3.63) is 29.8 Å². The standard InChI is InChI=1S/C8H4F5IS2/c9-16(10,11,12,13)8-3-1-2-7(6-8)4-5-15-14/h1-3,6H. The molecule has 0 saturated carbocycles. The summed E-state index contributed by atoms with van der Waals surface area (Å²) in [4.78, 5) is -1.91. The topological polar surface area (TPSA) is 0 Å². The van der Waals surface area contributed by atoms with Gasteiger partial charge in [0, 0.05) is 26.8 Å². The van der Waals surface area contributed by atoms with E-state index in [9.17, 15) is 19.4 Å². The van der Waals surface area contributed by atoms with Crippen LogP contribution in [0.15, 0.2) is 29.2 Å². The Bertz CT molecular complexity index is 470. The predicted octanol–water partition coefficient (Wildman–Crippen LogP) is 5.74. The Hall–Kier alpha value is -0.140. The van der Waals surface area contributed by atoms with Crippen molar-refractivity contribution in [2.24, 2.45) is 0 Å². The van der Waals surface area contributed by atoms with E-state index in [0.29, 0.717) is 12.1 Å². The van der Waals surface area contributed by atoms with Gasteiger partial charge < -0.3 is 0 Å². The molecule has 0 bridgehead atoms. The Morgan fingerprint density at radius 2 is 1.75 bits per heavy atom. The van der Waals surface area contributed by atoms with Crippen LogP contribution in [-0.2, 0) is 0 Å². The minimum absolute atomic E-state index is 0.0880. The second-order valence-corrected chi connectivity index (χ2v) is 6.89. The highest BCUT2D eigenvalue weighted by Crippen LogP contribution is 3.02. The van der Waals surface area contributed by atoms with Crippen molar-refractivity contribution in [1.82, 2.24) is 0 Å². The molecule has 0 atom stereocenters. The molecule has 0 saturated heterocycles. The lowest BCUT2D eigenvalue weighted by Gasteiger charge is -2.40. The Morgan fingerprint density at radius 3 is 2.25 bits per heavy atom. The van der Waals surface area contributed by atoms with Gasteiger partial charge in [-0.15, -0.1) is 0 Å². The van der Waals surface area contributed by atoms with Crippen molar-refractivity contribution >= 4 is 40.4 Å². The summed E-state index contributed by atoms with van der Waals surface area (Å²) in [6.07, 6.45) is 0. The Kier molecular flexibility index (Phi) is 3.20. The average Bonchev–Trinajstić information content (AvgIpc) is 2.12. The molecule has 1 aromatic carbocycles. The van der Waals surface area contributed by atoms with E-state index >= 15 is 0 Å². The highest BCUT2D eigenvalue weighted by atomic mass is 127. The first-order chi connectivity index (χ1) is 7.03. The first-order valence-corrected chi connectivity index (χ1v) is 8.97. The van der Waals surface area contributed by atoms with E-state index in [0.717, 1.165) is 15.0 Å². The van der Waals surface area contributed by atoms with Crippen LogP contribution in [-0.4, -0.2) is 0 Å². The zero-order chi connectivity index (χ0) is 12.5. The Labute approximate surface area is 105 Å². The number of rotatable bonds is 1. The molecular formula is C8H4F5IS2. The largest absolute Gasteiger partial charge is 0.310 e. The van der Waals surface area contributed by atoms with Gasteiger partial charge in [0.1, 0.15) is 4.90 Å². The maximum atomic E-state index is 12.4. The lowest BCUT2D eigenvalue weighted by molar-refractivity contribution is 0.364. The van der Waals surface area contributed by atoms with E-state index in [-0.39, 0.29) is 5.56 Å². The van der Waals surface area contributed by atoms with Crippen molar-refractivity contribution in [3.63, 3.8) is 0 Å². The zero-order valence-corrected chi connectivity index (χ0v) is 11.2. The summed E-state index contributed by atoms with van der Waals surface area (Å²) in [6, 6.07) is 2.87. The Balaban J connectivity index is 3.31. The summed E-state index contributed by atoms with van der Waals surface area (Å²) in [5, 5.41) is 2.42. The van der Waals surface area contributed by atoms with Crippen molar-refractivity contribution in [1.29, 1.82) is 0 Å². The summed E-state index contributed by atoms with van der Waals surface area (Å²) in [7, 11) is -8.52. The first-order valence-electron chi connectivity index (χ1n) is 3.66. The van der Waals surface area contributed by atoms with Crippen LogP contribution < -0.4 is 0 Å². The smallest absolute Gasteiger partial charge is 0.0936 e. The van der Waals surface area contributed by atoms with Gasteiger partial charge in [-0.1, -0.05) is 31.4 Å². The van der Waals surface area contributed by atoms with Crippen molar-refractivity contribution in [2.75, 3.05) is 0 Å². The molecule has 1 rings (SSSR count). The molecule has 0 radical (unpaired) electrons. The molecule has 0 nitrogen and oxygen atoms in total. The van der Waals surface area contributed by atoms with Crippen LogP contribution in [0.5, 0.6) is 0 Å². The molecule has 0 aliphatic carbocycles. The molecule has 8 heteroatoms. The third-order valence-corrected chi connectivity index (χ3v) is 3.50. The summed E-state index contributed by atoms with van der Waals surface area (Å²) < 4.78 is 62.0. The molecule has 0 unspecified atom stereocenters. The lowest BCUT2D eigenvalue weighted by atomic mass is 10.2. The second kappa shape index (κ2) is 3.68. The van der Waals surface area contributed by atoms with Gasteiger partial charge in [-0.2, -0.15) is 0 Å². The fourth-order valence-corrected chi connectivity index (χ4v) is 2.06. The maximum Gasteiger partial charge on any atom is 0.310 e. The van der Waals surface area contributed by atoms with Gasteiger partial charge in [0.2, 0.25) is 0 Å². The number of benzene rings is 1. The monoisotopic (exact) mass is 386 g/mol. The first kappa shape index (κ1) is 13.9. The molecule has 16 heavy (non-hydrogen) atoms. The third-order valence-electron chi connectivity index (χ3n) is 1.51. The van der Waals surface area contributed by atoms with Crippen LogP contribution in [0.4, 0.5) is 19.4 Å². The number of hydrogen-bond donors (Lipinski definition) is 0. The molecule has 90 valence electrons. The molecule has 0 heterocycles. The van der Waals surface area contributed by atoms with Gasteiger partial charge in [0.15, 0.2) is 0 Å². The highest BCUT2D eigenvalue weighted by molar-refractivity contribution is 14.2. The zero-order valence-electron chi connectivity index (χ0n) is 7.39. The van der Waals surface area contributed by atoms with Crippen LogP contribution in [0.2, 0.25) is 0 Å². The molecule has 0 amide bonds. The molecule has 0 N–H and O–H groups in total. The van der Waals surface area contributed by atoms with Crippen LogP contribution in [0.25, 0.3) is 0 Å². The van der Waals surface area contributed by atoms with E-state index in [2.05, 4.69) is 11.2 Å². The summed E-state index contributed by atoms with van der Waals surface area (Å²) in [5.41, 5.74) is -0.0880. The van der Waals surface area contributed by atoms with Gasteiger partial charge in [0.05, 0.1) is 0 Å². The van der Waals surface area contributed by atoms with Crippen molar-refractivity contribution < 1.29 is 19.4 Å². The number of hydrogen-bond acceptors (Lipinski definition) is 1. The fraction of sp³-hybridized carbons (Fsp3) is 0. The molecule has 1 aromatic rings. The SMILES string of the molecule is FS(F)(F)(F)(F)c1cccc(C#CSI)c1. The highest BCUT2D eigenvalue weighted by Gasteiger charge is 2.65. The van der Waals surface area contributed by atoms with E-state index in [4.69, 9.17) is 0 Å². The summed E-state index contributed by atoms with van der Waals surface area (Å²) >= 11 is 1.82. The molecular weight excluding hydrogens is 382 g/mol. The molecule has 0 aliphatic rings. The third kappa shape index (κ3) is 4.03. The van der Waals surface area contributed by atoms with E-state index in [1.165, 1.54) is 6.07 Å². The Morgan fingerprint density at radius 1 is 1.12 bits per heavy atom. The number of halogens is 6. The molecule has 0 fully saturated rings. The molecule has 0 spiro atoms. The minimum Gasteiger partial charge on any atom is -0.0936 e. The van der Waals surface area contributed by atoms with Gasteiger partial charge in [-0.3, -0.25) is 0 Å². The quantitative estimate of drug-likeness (QED) is 0.337. The van der Waals surface area contributed by atoms with Crippen LogP contribution in [0, 0.1) is 11.2 Å². The van der Waals surface area contributed by atoms with Crippen LogP contribution in [0.1, 0.15) is 5.56 Å². The molecule has 0 aliphatic heterocycles. The van der Waals surface area contributed by atoms with Gasteiger partial charge in [-0.25, -0.2) is 0 Å². The second-order valence-electron chi connectivity index (χ2n) is 2.80. The normalized spacial score (nSPS) is 15.6. The summed E-state index contributed by atoms with van der Waals surface area (Å²) in [5.74, 6) is 2.33. The van der Waals surface area contributed by atoms with E-state index in [1.807, 2.05) is 21.2 Å². The molecule has 0 aromatic heterocycles. The van der Waals surface area contributed by atoms with E-state index < -0.39 is 15.1 Å². The fourth-order valence-electron chi connectivity index (χ4n) is 0.892. The van der Waals surface area contributed by atoms with E-state index in [1.54, 1.807) is 0 Å². The average molecular weight is 386 g/mol. The minimum atomic E-state index is -9.58. The lowest BCUT2D eigenvalue weighted by Crippen LogP contribution is -2.05. The van der Waals surface area contributed by atoms with Gasteiger partial charge in [-0.05, 0) is 32.4 Å². The van der Waals surface area contributed by atoms with Crippen LogP contribution >= 0.6 is 40.4 Å². The van der Waals surface area contributed by atoms with Crippen molar-refractivity contribution in [3.8, 4) is 11.2 Å².